The average Bonchev–Trinajstić information content (AvgIpc) is 2.93. The fraction of sp³-hybridized carbons (Fsp3) is 0.957. The number of ether oxygens (including phenoxy) is 1. The molecule has 0 radical (unpaired) electrons. The lowest BCUT2D eigenvalue weighted by atomic mass is 9.44. The van der Waals surface area contributed by atoms with Gasteiger partial charge in [0.2, 0.25) is 0 Å². The number of ketones is 1. The van der Waals surface area contributed by atoms with E-state index in [0.717, 1.165) is 43.4 Å². The SMILES string of the molecule is COC[C@@]1(O)CC[C@@]2(C)C(CCC3C2CC[C@@]2(C)C3CC[C@@H]2C(C)=O)C1. The minimum Gasteiger partial charge on any atom is -0.387 e. The van der Waals surface area contributed by atoms with Gasteiger partial charge in [-0.3, -0.25) is 4.79 Å². The molecular weight excluding hydrogens is 324 g/mol. The molecule has 3 nitrogen and oxygen atoms in total. The molecule has 0 aromatic heterocycles. The van der Waals surface area contributed by atoms with Crippen LogP contribution in [0.1, 0.15) is 78.6 Å². The number of aliphatic hydroxyl groups is 1. The van der Waals surface area contributed by atoms with Crippen LogP contribution in [0.3, 0.4) is 0 Å². The van der Waals surface area contributed by atoms with Gasteiger partial charge in [-0.2, -0.15) is 0 Å². The Morgan fingerprint density at radius 1 is 1.00 bits per heavy atom. The van der Waals surface area contributed by atoms with E-state index in [4.69, 9.17) is 4.74 Å². The third kappa shape index (κ3) is 2.64. The molecule has 0 aliphatic heterocycles. The molecule has 0 saturated heterocycles. The van der Waals surface area contributed by atoms with Gasteiger partial charge < -0.3 is 9.84 Å². The van der Waals surface area contributed by atoms with Crippen LogP contribution in [0.25, 0.3) is 0 Å². The highest BCUT2D eigenvalue weighted by atomic mass is 16.5. The maximum absolute atomic E-state index is 12.3. The van der Waals surface area contributed by atoms with E-state index in [1.807, 2.05) is 6.92 Å². The van der Waals surface area contributed by atoms with Crippen LogP contribution in [-0.2, 0) is 9.53 Å². The molecule has 0 aromatic carbocycles. The van der Waals surface area contributed by atoms with Crippen molar-refractivity contribution in [1.82, 2.24) is 0 Å². The number of fused-ring (bicyclic) bond motifs is 5. The molecule has 4 aliphatic carbocycles. The fourth-order valence-corrected chi connectivity index (χ4v) is 8.39. The van der Waals surface area contributed by atoms with Gasteiger partial charge in [-0.1, -0.05) is 13.8 Å². The first kappa shape index (κ1) is 18.9. The maximum Gasteiger partial charge on any atom is 0.133 e. The summed E-state index contributed by atoms with van der Waals surface area (Å²) in [6, 6.07) is 0. The van der Waals surface area contributed by atoms with E-state index in [9.17, 15) is 9.90 Å². The van der Waals surface area contributed by atoms with Crippen molar-refractivity contribution in [2.24, 2.45) is 40.4 Å². The minimum atomic E-state index is -0.609. The molecule has 0 amide bonds. The molecule has 0 spiro atoms. The Hall–Kier alpha value is -0.410. The van der Waals surface area contributed by atoms with E-state index < -0.39 is 5.60 Å². The summed E-state index contributed by atoms with van der Waals surface area (Å²) in [6.07, 6.45) is 10.4. The predicted octanol–water partition coefficient (Wildman–Crippen LogP) is 4.61. The number of rotatable bonds is 3. The highest BCUT2D eigenvalue weighted by Gasteiger charge is 2.61. The van der Waals surface area contributed by atoms with Crippen LogP contribution in [0.4, 0.5) is 0 Å². The number of Topliss-reactive ketones (excluding diaryl/α,β-unsaturated/α-hetero) is 1. The highest BCUT2D eigenvalue weighted by molar-refractivity contribution is 5.79. The van der Waals surface area contributed by atoms with Crippen molar-refractivity contribution < 1.29 is 14.6 Å². The first-order chi connectivity index (χ1) is 12.2. The van der Waals surface area contributed by atoms with Crippen molar-refractivity contribution in [3.05, 3.63) is 0 Å². The Kier molecular flexibility index (Phi) is 4.59. The number of methoxy groups -OCH3 is 1. The van der Waals surface area contributed by atoms with Crippen molar-refractivity contribution in [2.75, 3.05) is 13.7 Å². The molecule has 4 unspecified atom stereocenters. The zero-order valence-corrected chi connectivity index (χ0v) is 17.2. The van der Waals surface area contributed by atoms with Gasteiger partial charge in [0.1, 0.15) is 5.78 Å². The summed E-state index contributed by atoms with van der Waals surface area (Å²) in [4.78, 5) is 12.3. The molecule has 3 heteroatoms. The number of carbonyl (C=O) groups excluding carboxylic acids is 1. The van der Waals surface area contributed by atoms with Crippen LogP contribution < -0.4 is 0 Å². The summed E-state index contributed by atoms with van der Waals surface area (Å²) < 4.78 is 5.33. The molecule has 4 saturated carbocycles. The molecule has 1 N–H and O–H groups in total. The number of hydrogen-bond donors (Lipinski definition) is 1. The van der Waals surface area contributed by atoms with E-state index in [1.54, 1.807) is 7.11 Å². The van der Waals surface area contributed by atoms with E-state index in [2.05, 4.69) is 13.8 Å². The highest BCUT2D eigenvalue weighted by Crippen LogP contribution is 2.68. The van der Waals surface area contributed by atoms with Gasteiger partial charge in [0.05, 0.1) is 12.2 Å². The van der Waals surface area contributed by atoms with E-state index in [1.165, 1.54) is 32.1 Å². The average molecular weight is 363 g/mol. The van der Waals surface area contributed by atoms with Crippen LogP contribution in [-0.4, -0.2) is 30.2 Å². The molecule has 26 heavy (non-hydrogen) atoms. The first-order valence-corrected chi connectivity index (χ1v) is 11.0. The molecule has 4 aliphatic rings. The second-order valence-electron chi connectivity index (χ2n) is 10.8. The standard InChI is InChI=1S/C23H38O3/c1-15(24)18-7-8-19-17-6-5-16-13-23(25,14-26-4)12-11-21(16,2)20(17)9-10-22(18,19)3/h16-20,25H,5-14H2,1-4H3/t16?,17?,18-,19?,20?,21+,22-,23-/m1/s1. The molecule has 0 heterocycles. The van der Waals surface area contributed by atoms with Gasteiger partial charge in [-0.25, -0.2) is 0 Å². The van der Waals surface area contributed by atoms with E-state index in [-0.39, 0.29) is 5.41 Å². The number of hydrogen-bond acceptors (Lipinski definition) is 3. The fourth-order valence-electron chi connectivity index (χ4n) is 8.39. The second kappa shape index (κ2) is 6.30. The van der Waals surface area contributed by atoms with Crippen LogP contribution >= 0.6 is 0 Å². The van der Waals surface area contributed by atoms with Crippen molar-refractivity contribution in [3.63, 3.8) is 0 Å². The lowest BCUT2D eigenvalue weighted by Gasteiger charge is -2.62. The van der Waals surface area contributed by atoms with Gasteiger partial charge in [-0.15, -0.1) is 0 Å². The maximum atomic E-state index is 12.3. The van der Waals surface area contributed by atoms with Crippen LogP contribution in [0.15, 0.2) is 0 Å². The Bertz CT molecular complexity index is 574. The molecular formula is C23H38O3. The van der Waals surface area contributed by atoms with Gasteiger partial charge in [0.25, 0.3) is 0 Å². The molecule has 8 atom stereocenters. The smallest absolute Gasteiger partial charge is 0.133 e. The Balaban J connectivity index is 1.56. The summed E-state index contributed by atoms with van der Waals surface area (Å²) in [5.41, 5.74) is 0.0161. The quantitative estimate of drug-likeness (QED) is 0.797. The van der Waals surface area contributed by atoms with Gasteiger partial charge in [0.15, 0.2) is 0 Å². The summed E-state index contributed by atoms with van der Waals surface area (Å²) >= 11 is 0. The Labute approximate surface area is 159 Å². The number of carbonyl (C=O) groups is 1. The Morgan fingerprint density at radius 3 is 2.42 bits per heavy atom. The predicted molar refractivity (Wildman–Crippen MR) is 103 cm³/mol. The molecule has 4 rings (SSSR count). The first-order valence-electron chi connectivity index (χ1n) is 11.0. The zero-order valence-electron chi connectivity index (χ0n) is 17.2. The Morgan fingerprint density at radius 2 is 1.73 bits per heavy atom. The summed E-state index contributed by atoms with van der Waals surface area (Å²) in [6.45, 7) is 7.26. The van der Waals surface area contributed by atoms with E-state index >= 15 is 0 Å². The largest absolute Gasteiger partial charge is 0.387 e. The van der Waals surface area contributed by atoms with Crippen molar-refractivity contribution in [1.29, 1.82) is 0 Å². The molecule has 0 aromatic rings. The lowest BCUT2D eigenvalue weighted by Crippen LogP contribution is -2.56. The van der Waals surface area contributed by atoms with E-state index in [0.29, 0.717) is 29.6 Å². The monoisotopic (exact) mass is 362 g/mol. The van der Waals surface area contributed by atoms with Crippen molar-refractivity contribution in [2.45, 2.75) is 84.2 Å². The van der Waals surface area contributed by atoms with Gasteiger partial charge in [0, 0.05) is 13.0 Å². The van der Waals surface area contributed by atoms with Crippen molar-refractivity contribution >= 4 is 5.78 Å². The lowest BCUT2D eigenvalue weighted by molar-refractivity contribution is -0.163. The van der Waals surface area contributed by atoms with Crippen LogP contribution in [0, 0.1) is 40.4 Å². The summed E-state index contributed by atoms with van der Waals surface area (Å²) in [5.74, 6) is 3.69. The zero-order chi connectivity index (χ0) is 18.7. The van der Waals surface area contributed by atoms with Gasteiger partial charge >= 0.3 is 0 Å². The third-order valence-corrected chi connectivity index (χ3v) is 9.72. The minimum absolute atomic E-state index is 0.252. The summed E-state index contributed by atoms with van der Waals surface area (Å²) in [5, 5.41) is 10.9. The third-order valence-electron chi connectivity index (χ3n) is 9.72. The van der Waals surface area contributed by atoms with Gasteiger partial charge in [-0.05, 0) is 99.2 Å². The van der Waals surface area contributed by atoms with Crippen molar-refractivity contribution in [3.8, 4) is 0 Å². The topological polar surface area (TPSA) is 46.5 Å². The second-order valence-corrected chi connectivity index (χ2v) is 10.8. The molecule has 0 bridgehead atoms. The molecule has 148 valence electrons. The normalized spacial score (nSPS) is 53.5. The van der Waals surface area contributed by atoms with Crippen LogP contribution in [0.2, 0.25) is 0 Å². The molecule has 4 fully saturated rings. The summed E-state index contributed by atoms with van der Waals surface area (Å²) in [7, 11) is 1.70. The van der Waals surface area contributed by atoms with Crippen LogP contribution in [0.5, 0.6) is 0 Å².